The molecule has 2 nitrogen and oxygen atoms in total. The largest absolute Gasteiger partial charge is 0.390 e. The van der Waals surface area contributed by atoms with Gasteiger partial charge in [-0.05, 0) is 44.6 Å². The number of halogens is 1. The van der Waals surface area contributed by atoms with Crippen molar-refractivity contribution in [3.63, 3.8) is 0 Å². The van der Waals surface area contributed by atoms with E-state index in [4.69, 9.17) is 0 Å². The number of hydrogen-bond acceptors (Lipinski definition) is 2. The topological polar surface area (TPSA) is 33.1 Å². The van der Waals surface area contributed by atoms with E-state index in [1.807, 2.05) is 6.92 Å². The summed E-state index contributed by atoms with van der Waals surface area (Å²) in [6, 6.07) is 3.52. The minimum absolute atomic E-state index is 0.113. The maximum Gasteiger partial charge on any atom is 0.216 e. The van der Waals surface area contributed by atoms with Crippen molar-refractivity contribution >= 4 is 0 Å². The summed E-state index contributed by atoms with van der Waals surface area (Å²) < 4.78 is 13.4. The maximum absolute atomic E-state index is 13.4. The highest BCUT2D eigenvalue weighted by Gasteiger charge is 2.31. The molecule has 0 aromatic carbocycles. The van der Waals surface area contributed by atoms with E-state index in [9.17, 15) is 9.50 Å². The average Bonchev–Trinajstić information content (AvgIpc) is 2.17. The van der Waals surface area contributed by atoms with E-state index in [1.165, 1.54) is 6.20 Å². The Hall–Kier alpha value is -0.960. The molecular weight excluding hydrogens is 193 g/mol. The first kappa shape index (κ1) is 10.6. The molecule has 0 amide bonds. The number of pyridine rings is 1. The van der Waals surface area contributed by atoms with E-state index in [2.05, 4.69) is 4.98 Å². The molecule has 1 aromatic rings. The fourth-order valence-corrected chi connectivity index (χ4v) is 2.43. The summed E-state index contributed by atoms with van der Waals surface area (Å²) >= 11 is 0. The number of aromatic nitrogens is 1. The molecule has 1 aliphatic rings. The normalized spacial score (nSPS) is 31.5. The van der Waals surface area contributed by atoms with Crippen molar-refractivity contribution in [1.82, 2.24) is 4.98 Å². The lowest BCUT2D eigenvalue weighted by atomic mass is 9.76. The summed E-state index contributed by atoms with van der Waals surface area (Å²) in [6.45, 7) is 1.83. The SMILES string of the molecule is C[C@]1(O)CCC[C@H](c2cccnc2F)C1. The average molecular weight is 209 g/mol. The molecular formula is C12H16FNO. The van der Waals surface area contributed by atoms with Gasteiger partial charge in [0.15, 0.2) is 0 Å². The Morgan fingerprint density at radius 3 is 3.07 bits per heavy atom. The minimum Gasteiger partial charge on any atom is -0.390 e. The Labute approximate surface area is 89.2 Å². The molecule has 1 fully saturated rings. The van der Waals surface area contributed by atoms with Gasteiger partial charge in [-0.1, -0.05) is 6.07 Å². The molecule has 1 saturated carbocycles. The number of hydrogen-bond donors (Lipinski definition) is 1. The standard InChI is InChI=1S/C12H16FNO/c1-12(15)6-2-4-9(8-12)10-5-3-7-14-11(10)13/h3,5,7,9,15H,2,4,6,8H2,1H3/t9-,12-/m0/s1. The third-order valence-corrected chi connectivity index (χ3v) is 3.18. The fourth-order valence-electron chi connectivity index (χ4n) is 2.43. The van der Waals surface area contributed by atoms with Crippen molar-refractivity contribution in [2.75, 3.05) is 0 Å². The highest BCUT2D eigenvalue weighted by Crippen LogP contribution is 2.38. The smallest absolute Gasteiger partial charge is 0.216 e. The first-order valence-electron chi connectivity index (χ1n) is 5.41. The van der Waals surface area contributed by atoms with Crippen LogP contribution in [0.2, 0.25) is 0 Å². The highest BCUT2D eigenvalue weighted by molar-refractivity contribution is 5.18. The second-order valence-electron chi connectivity index (χ2n) is 4.67. The molecule has 0 aliphatic heterocycles. The molecule has 0 saturated heterocycles. The van der Waals surface area contributed by atoms with Crippen LogP contribution in [0.4, 0.5) is 4.39 Å². The van der Waals surface area contributed by atoms with Gasteiger partial charge in [-0.3, -0.25) is 0 Å². The Morgan fingerprint density at radius 1 is 1.60 bits per heavy atom. The van der Waals surface area contributed by atoms with Crippen LogP contribution in [0.3, 0.4) is 0 Å². The number of rotatable bonds is 1. The van der Waals surface area contributed by atoms with Crippen LogP contribution in [-0.4, -0.2) is 15.7 Å². The van der Waals surface area contributed by atoms with Gasteiger partial charge in [0.2, 0.25) is 5.95 Å². The van der Waals surface area contributed by atoms with Crippen LogP contribution < -0.4 is 0 Å². The Balaban J connectivity index is 2.21. The van der Waals surface area contributed by atoms with Crippen molar-refractivity contribution in [2.45, 2.75) is 44.1 Å². The van der Waals surface area contributed by atoms with E-state index in [0.717, 1.165) is 19.3 Å². The van der Waals surface area contributed by atoms with Gasteiger partial charge >= 0.3 is 0 Å². The molecule has 0 unspecified atom stereocenters. The Morgan fingerprint density at radius 2 is 2.40 bits per heavy atom. The number of aliphatic hydroxyl groups is 1. The molecule has 15 heavy (non-hydrogen) atoms. The van der Waals surface area contributed by atoms with Crippen molar-refractivity contribution in [1.29, 1.82) is 0 Å². The van der Waals surface area contributed by atoms with Crippen LogP contribution in [0.1, 0.15) is 44.1 Å². The molecule has 0 spiro atoms. The fraction of sp³-hybridized carbons (Fsp3) is 0.583. The molecule has 1 N–H and O–H groups in total. The zero-order valence-corrected chi connectivity index (χ0v) is 8.91. The van der Waals surface area contributed by atoms with Crippen molar-refractivity contribution in [2.24, 2.45) is 0 Å². The zero-order valence-electron chi connectivity index (χ0n) is 8.91. The molecule has 1 aliphatic carbocycles. The van der Waals surface area contributed by atoms with Gasteiger partial charge in [-0.2, -0.15) is 4.39 Å². The third-order valence-electron chi connectivity index (χ3n) is 3.18. The molecule has 3 heteroatoms. The molecule has 1 aromatic heterocycles. The van der Waals surface area contributed by atoms with Gasteiger partial charge in [-0.25, -0.2) is 4.98 Å². The van der Waals surface area contributed by atoms with E-state index < -0.39 is 5.60 Å². The second-order valence-corrected chi connectivity index (χ2v) is 4.67. The second kappa shape index (κ2) is 3.89. The first-order chi connectivity index (χ1) is 7.08. The number of nitrogens with zero attached hydrogens (tertiary/aromatic N) is 1. The quantitative estimate of drug-likeness (QED) is 0.721. The lowest BCUT2D eigenvalue weighted by Crippen LogP contribution is -2.31. The first-order valence-corrected chi connectivity index (χ1v) is 5.41. The Kier molecular flexibility index (Phi) is 2.74. The monoisotopic (exact) mass is 209 g/mol. The van der Waals surface area contributed by atoms with E-state index in [0.29, 0.717) is 12.0 Å². The minimum atomic E-state index is -0.648. The molecule has 1 heterocycles. The maximum atomic E-state index is 13.4. The van der Waals surface area contributed by atoms with E-state index in [-0.39, 0.29) is 11.9 Å². The van der Waals surface area contributed by atoms with Crippen LogP contribution in [0.15, 0.2) is 18.3 Å². The zero-order chi connectivity index (χ0) is 10.9. The third kappa shape index (κ3) is 2.34. The van der Waals surface area contributed by atoms with Gasteiger partial charge in [0.25, 0.3) is 0 Å². The van der Waals surface area contributed by atoms with Crippen LogP contribution in [0, 0.1) is 5.95 Å². The Bertz CT molecular complexity index is 351. The van der Waals surface area contributed by atoms with Crippen molar-refractivity contribution < 1.29 is 9.50 Å². The lowest BCUT2D eigenvalue weighted by Gasteiger charge is -2.34. The van der Waals surface area contributed by atoms with E-state index >= 15 is 0 Å². The summed E-state index contributed by atoms with van der Waals surface area (Å²) in [5, 5.41) is 9.95. The van der Waals surface area contributed by atoms with Gasteiger partial charge in [0, 0.05) is 11.8 Å². The molecule has 2 rings (SSSR count). The van der Waals surface area contributed by atoms with E-state index in [1.54, 1.807) is 12.1 Å². The molecule has 2 atom stereocenters. The van der Waals surface area contributed by atoms with Gasteiger partial charge < -0.3 is 5.11 Å². The highest BCUT2D eigenvalue weighted by atomic mass is 19.1. The van der Waals surface area contributed by atoms with Crippen LogP contribution in [0.25, 0.3) is 0 Å². The lowest BCUT2D eigenvalue weighted by molar-refractivity contribution is 0.0140. The molecule has 82 valence electrons. The molecule has 0 bridgehead atoms. The van der Waals surface area contributed by atoms with Crippen LogP contribution >= 0.6 is 0 Å². The van der Waals surface area contributed by atoms with Crippen LogP contribution in [0.5, 0.6) is 0 Å². The van der Waals surface area contributed by atoms with Crippen molar-refractivity contribution in [3.8, 4) is 0 Å². The van der Waals surface area contributed by atoms with Gasteiger partial charge in [0.05, 0.1) is 5.60 Å². The summed E-state index contributed by atoms with van der Waals surface area (Å²) in [5.41, 5.74) is 0.00282. The summed E-state index contributed by atoms with van der Waals surface area (Å²) in [5.74, 6) is -0.275. The van der Waals surface area contributed by atoms with Gasteiger partial charge in [-0.15, -0.1) is 0 Å². The van der Waals surface area contributed by atoms with Gasteiger partial charge in [0.1, 0.15) is 0 Å². The van der Waals surface area contributed by atoms with Crippen LogP contribution in [-0.2, 0) is 0 Å². The summed E-state index contributed by atoms with van der Waals surface area (Å²) in [7, 11) is 0. The predicted octanol–water partition coefficient (Wildman–Crippen LogP) is 2.63. The summed E-state index contributed by atoms with van der Waals surface area (Å²) in [6.07, 6.45) is 4.80. The predicted molar refractivity (Wildman–Crippen MR) is 56.0 cm³/mol. The summed E-state index contributed by atoms with van der Waals surface area (Å²) in [4.78, 5) is 3.65. The van der Waals surface area contributed by atoms with Crippen molar-refractivity contribution in [3.05, 3.63) is 29.8 Å². The molecule has 0 radical (unpaired) electrons.